The molecule has 2 fully saturated rings. The average molecular weight is 274 g/mol. The van der Waals surface area contributed by atoms with Crippen molar-refractivity contribution in [3.8, 4) is 0 Å². The van der Waals surface area contributed by atoms with E-state index in [1.165, 1.54) is 5.69 Å². The highest BCUT2D eigenvalue weighted by Crippen LogP contribution is 2.35. The number of carbonyl (C=O) groups is 1. The molecule has 0 aromatic heterocycles. The van der Waals surface area contributed by atoms with Crippen molar-refractivity contribution < 1.29 is 9.53 Å². The highest BCUT2D eigenvalue weighted by Gasteiger charge is 2.46. The maximum Gasteiger partial charge on any atom is 0.410 e. The van der Waals surface area contributed by atoms with E-state index >= 15 is 0 Å². The van der Waals surface area contributed by atoms with Gasteiger partial charge in [0.15, 0.2) is 0 Å². The minimum absolute atomic E-state index is 0.169. The zero-order valence-corrected chi connectivity index (χ0v) is 12.4. The number of benzene rings is 1. The Morgan fingerprint density at radius 3 is 2.40 bits per heavy atom. The Morgan fingerprint density at radius 2 is 1.85 bits per heavy atom. The van der Waals surface area contributed by atoms with Crippen molar-refractivity contribution in [3.05, 3.63) is 30.3 Å². The molecule has 1 aromatic rings. The van der Waals surface area contributed by atoms with Gasteiger partial charge in [-0.1, -0.05) is 18.2 Å². The molecule has 4 nitrogen and oxygen atoms in total. The molecule has 2 atom stereocenters. The Morgan fingerprint density at radius 1 is 1.15 bits per heavy atom. The number of anilines is 1. The highest BCUT2D eigenvalue weighted by molar-refractivity contribution is 5.70. The number of ether oxygens (including phenoxy) is 1. The maximum atomic E-state index is 12.2. The van der Waals surface area contributed by atoms with Crippen molar-refractivity contribution in [1.29, 1.82) is 0 Å². The lowest BCUT2D eigenvalue weighted by Crippen LogP contribution is -2.50. The average Bonchev–Trinajstić information content (AvgIpc) is 2.97. The molecule has 2 saturated heterocycles. The van der Waals surface area contributed by atoms with Gasteiger partial charge in [0.05, 0.1) is 6.04 Å². The minimum Gasteiger partial charge on any atom is -0.444 e. The number of hydrogen-bond acceptors (Lipinski definition) is 3. The predicted molar refractivity (Wildman–Crippen MR) is 78.9 cm³/mol. The van der Waals surface area contributed by atoms with Crippen molar-refractivity contribution >= 4 is 11.8 Å². The summed E-state index contributed by atoms with van der Waals surface area (Å²) in [5.41, 5.74) is 0.835. The topological polar surface area (TPSA) is 32.8 Å². The molecule has 0 unspecified atom stereocenters. The molecule has 0 aliphatic carbocycles. The van der Waals surface area contributed by atoms with Gasteiger partial charge in [-0.3, -0.25) is 0 Å². The number of likely N-dealkylation sites (tertiary alicyclic amines) is 1. The van der Waals surface area contributed by atoms with E-state index in [0.717, 1.165) is 19.5 Å². The molecule has 2 aliphatic heterocycles. The van der Waals surface area contributed by atoms with Crippen LogP contribution in [0.3, 0.4) is 0 Å². The zero-order chi connectivity index (χ0) is 14.3. The van der Waals surface area contributed by atoms with Crippen molar-refractivity contribution in [2.75, 3.05) is 18.0 Å². The number of piperazine rings is 1. The molecule has 20 heavy (non-hydrogen) atoms. The summed E-state index contributed by atoms with van der Waals surface area (Å²) in [6, 6.07) is 11.1. The van der Waals surface area contributed by atoms with Gasteiger partial charge in [-0.05, 0) is 39.3 Å². The lowest BCUT2D eigenvalue weighted by atomic mass is 10.2. The SMILES string of the molecule is CC(C)(C)OC(=O)N1C[C@H]2C[C@@H]1CN2c1ccccc1. The van der Waals surface area contributed by atoms with Crippen LogP contribution in [0.25, 0.3) is 0 Å². The van der Waals surface area contributed by atoms with E-state index in [2.05, 4.69) is 29.2 Å². The van der Waals surface area contributed by atoms with E-state index in [9.17, 15) is 4.79 Å². The van der Waals surface area contributed by atoms with Crippen LogP contribution in [0.2, 0.25) is 0 Å². The first-order valence-corrected chi connectivity index (χ1v) is 7.25. The number of amides is 1. The van der Waals surface area contributed by atoms with Crippen LogP contribution < -0.4 is 4.90 Å². The summed E-state index contributed by atoms with van der Waals surface area (Å²) in [4.78, 5) is 16.5. The van der Waals surface area contributed by atoms with Crippen molar-refractivity contribution in [1.82, 2.24) is 4.90 Å². The molecular formula is C16H22N2O2. The number of nitrogens with zero attached hydrogens (tertiary/aromatic N) is 2. The van der Waals surface area contributed by atoms with Crippen molar-refractivity contribution in [2.45, 2.75) is 44.9 Å². The van der Waals surface area contributed by atoms with Crippen LogP contribution >= 0.6 is 0 Å². The Hall–Kier alpha value is -1.71. The standard InChI is InChI=1S/C16H22N2O2/c1-16(2,3)20-15(19)18-11-13-9-14(18)10-17(13)12-7-5-4-6-8-12/h4-8,13-14H,9-11H2,1-3H3/t13-,14-/m1/s1. The summed E-state index contributed by atoms with van der Waals surface area (Å²) in [6.45, 7) is 7.42. The van der Waals surface area contributed by atoms with E-state index in [4.69, 9.17) is 4.74 Å². The number of hydrogen-bond donors (Lipinski definition) is 0. The van der Waals surface area contributed by atoms with Crippen LogP contribution in [0, 0.1) is 0 Å². The van der Waals surface area contributed by atoms with E-state index < -0.39 is 5.60 Å². The second-order valence-corrected chi connectivity index (χ2v) is 6.66. The normalized spacial score (nSPS) is 25.1. The summed E-state index contributed by atoms with van der Waals surface area (Å²) in [5.74, 6) is 0. The minimum atomic E-state index is -0.419. The summed E-state index contributed by atoms with van der Waals surface area (Å²) in [5, 5.41) is 0. The van der Waals surface area contributed by atoms with Crippen molar-refractivity contribution in [2.24, 2.45) is 0 Å². The third kappa shape index (κ3) is 2.47. The highest BCUT2D eigenvalue weighted by atomic mass is 16.6. The molecule has 1 aromatic carbocycles. The summed E-state index contributed by atoms with van der Waals surface area (Å²) < 4.78 is 5.48. The largest absolute Gasteiger partial charge is 0.444 e. The van der Waals surface area contributed by atoms with Crippen LogP contribution in [0.15, 0.2) is 30.3 Å². The molecule has 2 bridgehead atoms. The first kappa shape index (κ1) is 13.3. The van der Waals surface area contributed by atoms with E-state index in [1.54, 1.807) is 0 Å². The third-order valence-corrected chi connectivity index (χ3v) is 3.96. The summed E-state index contributed by atoms with van der Waals surface area (Å²) >= 11 is 0. The van der Waals surface area contributed by atoms with Crippen LogP contribution in [-0.2, 0) is 4.74 Å². The second kappa shape index (κ2) is 4.69. The van der Waals surface area contributed by atoms with Gasteiger partial charge in [0.2, 0.25) is 0 Å². The van der Waals surface area contributed by atoms with E-state index in [-0.39, 0.29) is 12.1 Å². The fourth-order valence-corrected chi connectivity index (χ4v) is 3.15. The molecule has 0 saturated carbocycles. The van der Waals surface area contributed by atoms with E-state index in [1.807, 2.05) is 31.7 Å². The van der Waals surface area contributed by atoms with Crippen LogP contribution in [-0.4, -0.2) is 41.8 Å². The van der Waals surface area contributed by atoms with Gasteiger partial charge in [-0.25, -0.2) is 4.79 Å². The monoisotopic (exact) mass is 274 g/mol. The molecule has 0 radical (unpaired) electrons. The predicted octanol–water partition coefficient (Wildman–Crippen LogP) is 2.88. The van der Waals surface area contributed by atoms with Crippen molar-refractivity contribution in [3.63, 3.8) is 0 Å². The smallest absolute Gasteiger partial charge is 0.410 e. The second-order valence-electron chi connectivity index (χ2n) is 6.66. The van der Waals surface area contributed by atoms with Gasteiger partial charge in [-0.15, -0.1) is 0 Å². The number of para-hydroxylation sites is 1. The number of rotatable bonds is 1. The van der Waals surface area contributed by atoms with Gasteiger partial charge < -0.3 is 14.5 Å². The Kier molecular flexibility index (Phi) is 3.11. The molecule has 2 heterocycles. The maximum absolute atomic E-state index is 12.2. The number of carbonyl (C=O) groups excluding carboxylic acids is 1. The molecule has 2 aliphatic rings. The van der Waals surface area contributed by atoms with E-state index in [0.29, 0.717) is 6.04 Å². The van der Waals surface area contributed by atoms with Crippen LogP contribution in [0.5, 0.6) is 0 Å². The lowest BCUT2D eigenvalue weighted by molar-refractivity contribution is 0.0215. The first-order valence-electron chi connectivity index (χ1n) is 7.25. The fraction of sp³-hybridized carbons (Fsp3) is 0.562. The van der Waals surface area contributed by atoms with Gasteiger partial charge in [0.25, 0.3) is 0 Å². The third-order valence-electron chi connectivity index (χ3n) is 3.96. The van der Waals surface area contributed by atoms with Crippen LogP contribution in [0.4, 0.5) is 10.5 Å². The molecule has 3 rings (SSSR count). The summed E-state index contributed by atoms with van der Waals surface area (Å²) in [6.07, 6.45) is 0.881. The fourth-order valence-electron chi connectivity index (χ4n) is 3.15. The van der Waals surface area contributed by atoms with Crippen LogP contribution in [0.1, 0.15) is 27.2 Å². The Balaban J connectivity index is 1.66. The Bertz CT molecular complexity index is 495. The molecule has 1 amide bonds. The van der Waals surface area contributed by atoms with Gasteiger partial charge >= 0.3 is 6.09 Å². The molecular weight excluding hydrogens is 252 g/mol. The molecule has 0 spiro atoms. The molecule has 108 valence electrons. The first-order chi connectivity index (χ1) is 9.44. The molecule has 0 N–H and O–H groups in total. The van der Waals surface area contributed by atoms with Gasteiger partial charge in [-0.2, -0.15) is 0 Å². The lowest BCUT2D eigenvalue weighted by Gasteiger charge is -2.36. The zero-order valence-electron chi connectivity index (χ0n) is 12.4. The summed E-state index contributed by atoms with van der Waals surface area (Å²) in [7, 11) is 0. The Labute approximate surface area is 120 Å². The van der Waals surface area contributed by atoms with Gasteiger partial charge in [0, 0.05) is 24.8 Å². The number of fused-ring (bicyclic) bond motifs is 2. The van der Waals surface area contributed by atoms with Gasteiger partial charge in [0.1, 0.15) is 5.60 Å². The molecule has 4 heteroatoms. The quantitative estimate of drug-likeness (QED) is 0.789.